The second-order valence-electron chi connectivity index (χ2n) is 17.1. The van der Waals surface area contributed by atoms with Gasteiger partial charge in [0.25, 0.3) is 0 Å². The number of methoxy groups -OCH3 is 4. The van der Waals surface area contributed by atoms with Gasteiger partial charge in [0.2, 0.25) is 20.2 Å². The van der Waals surface area contributed by atoms with Gasteiger partial charge in [-0.15, -0.1) is 0 Å². The summed E-state index contributed by atoms with van der Waals surface area (Å²) < 4.78 is 62.2. The van der Waals surface area contributed by atoms with Crippen LogP contribution in [0.4, 0.5) is 9.59 Å². The van der Waals surface area contributed by atoms with E-state index < -0.39 is 87.0 Å². The summed E-state index contributed by atoms with van der Waals surface area (Å²) in [4.78, 5) is 22.3. The molecule has 2 aliphatic rings. The molecule has 0 aliphatic carbocycles. The van der Waals surface area contributed by atoms with Crippen LogP contribution in [0, 0.1) is 0 Å². The number of alkyl carbamates (subject to hydrolysis) is 1. The van der Waals surface area contributed by atoms with Crippen molar-refractivity contribution in [3.8, 4) is 0 Å². The molecule has 2 rings (SSSR count). The van der Waals surface area contributed by atoms with E-state index in [9.17, 15) is 19.8 Å². The van der Waals surface area contributed by atoms with Gasteiger partial charge in [0.15, 0.2) is 0 Å². The molecule has 0 aromatic heterocycles. The van der Waals surface area contributed by atoms with E-state index in [-0.39, 0.29) is 38.6 Å². The molecule has 12 atom stereocenters. The van der Waals surface area contributed by atoms with Crippen LogP contribution in [-0.4, -0.2) is 171 Å². The number of aliphatic hydroxyl groups is 2. The molecule has 1 amide bonds. The van der Waals surface area contributed by atoms with Crippen LogP contribution in [0.15, 0.2) is 24.7 Å². The molecule has 2 saturated heterocycles. The molecule has 0 spiro atoms. The quantitative estimate of drug-likeness (QED) is 0.0208. The number of nitrogens with two attached hydrogens (primary N) is 1. The number of hydrogen-bond donors (Lipinski definition) is 4. The first kappa shape index (κ1) is 72.4. The lowest BCUT2D eigenvalue weighted by atomic mass is 9.96. The summed E-state index contributed by atoms with van der Waals surface area (Å²) in [5.41, 5.74) is 5.26. The summed E-state index contributed by atoms with van der Waals surface area (Å²) >= 11 is 37.3. The fourth-order valence-corrected chi connectivity index (χ4v) is 7.80. The van der Waals surface area contributed by atoms with Crippen molar-refractivity contribution in [3.63, 3.8) is 0 Å². The Morgan fingerprint density at radius 3 is 1.48 bits per heavy atom. The monoisotopic (exact) mass is 1190 g/mol. The Kier molecular flexibility index (Phi) is 43.0. The summed E-state index contributed by atoms with van der Waals surface area (Å²) in [6.45, 7) is 8.29. The Morgan fingerprint density at radius 2 is 1.07 bits per heavy atom. The fourth-order valence-electron chi connectivity index (χ4n) is 7.42. The van der Waals surface area contributed by atoms with Gasteiger partial charge in [0.05, 0.1) is 44.0 Å². The minimum Gasteiger partial charge on any atom is -0.471 e. The number of nitrogens with one attached hydrogen (secondary N) is 1. The standard InChI is InChI=1S/C24H42Cl3NO8.C21H41NO6.C3H2Cl4O2/c1-5-7-8-9-10-11-17(32-4)12-14-33-21-19(28-23(30)35-16-24(25,26)27)22(34-13-6-2)36-18(15-31-3)20(21)29;1-5-7-8-9-10-11-16(25-4)12-14-26-20-18(22)21(27-13-6-2)28-17(15-24-3)19(20)23;4-2(8)9-1-3(5,6)7/h6,13,17-22,29H,5,7-12,14-16H2,1-4H3,(H,28,30);6,13,16-21,23H,5,7-12,14-15,22H2,1-4H3;1H2/b2*13-6-;/t17-,18-,19-,20-,21-,22+;16-,17-,18-,19-,20-,21+;/m11./s1. The number of rotatable bonds is 33. The molecule has 432 valence electrons. The van der Waals surface area contributed by atoms with Gasteiger partial charge in [-0.2, -0.15) is 0 Å². The average molecular weight is 1190 g/mol. The van der Waals surface area contributed by atoms with Gasteiger partial charge in [-0.1, -0.05) is 160 Å². The lowest BCUT2D eigenvalue weighted by molar-refractivity contribution is -0.264. The third-order valence-corrected chi connectivity index (χ3v) is 11.9. The van der Waals surface area contributed by atoms with Crippen molar-refractivity contribution in [1.29, 1.82) is 0 Å². The molecule has 5 N–H and O–H groups in total. The van der Waals surface area contributed by atoms with Gasteiger partial charge in [-0.3, -0.25) is 0 Å². The van der Waals surface area contributed by atoms with E-state index in [1.807, 2.05) is 6.92 Å². The Labute approximate surface area is 469 Å². The van der Waals surface area contributed by atoms with Crippen LogP contribution in [-0.2, 0) is 56.8 Å². The van der Waals surface area contributed by atoms with Gasteiger partial charge < -0.3 is 78.1 Å². The zero-order valence-electron chi connectivity index (χ0n) is 43.7. The zero-order chi connectivity index (χ0) is 55.2. The maximum absolute atomic E-state index is 12.4. The van der Waals surface area contributed by atoms with Gasteiger partial charge in [-0.05, 0) is 39.5 Å². The summed E-state index contributed by atoms with van der Waals surface area (Å²) in [7, 11) is 6.48. The maximum atomic E-state index is 12.4. The van der Waals surface area contributed by atoms with Crippen LogP contribution in [0.1, 0.15) is 118 Å². The number of aliphatic hydroxyl groups excluding tert-OH is 2. The Balaban J connectivity index is 0.00000124. The number of unbranched alkanes of at least 4 members (excludes halogenated alkanes) is 8. The van der Waals surface area contributed by atoms with E-state index in [1.165, 1.54) is 64.6 Å². The van der Waals surface area contributed by atoms with E-state index in [1.54, 1.807) is 40.4 Å². The van der Waals surface area contributed by atoms with Crippen molar-refractivity contribution in [1.82, 2.24) is 5.32 Å². The number of ether oxygens (including phenoxy) is 12. The minimum atomic E-state index is -1.77. The Hall–Kier alpha value is -0.590. The molecule has 0 saturated carbocycles. The summed E-state index contributed by atoms with van der Waals surface area (Å²) in [6.07, 6.45) is 14.6. The number of alkyl halides is 6. The fraction of sp³-hybridized carbons (Fsp3) is 0.875. The molecule has 0 bridgehead atoms. The molecular weight excluding hydrogens is 1110 g/mol. The van der Waals surface area contributed by atoms with Gasteiger partial charge >= 0.3 is 11.5 Å². The molecule has 0 aromatic rings. The summed E-state index contributed by atoms with van der Waals surface area (Å²) in [6, 6.07) is -1.53. The van der Waals surface area contributed by atoms with E-state index in [2.05, 4.69) is 23.9 Å². The van der Waals surface area contributed by atoms with Crippen molar-refractivity contribution in [2.24, 2.45) is 5.73 Å². The second kappa shape index (κ2) is 43.3. The van der Waals surface area contributed by atoms with Crippen LogP contribution in [0.2, 0.25) is 0 Å². The highest BCUT2D eigenvalue weighted by atomic mass is 35.6. The summed E-state index contributed by atoms with van der Waals surface area (Å²) in [5.74, 6) is 0. The van der Waals surface area contributed by atoms with Crippen molar-refractivity contribution in [2.45, 2.75) is 199 Å². The largest absolute Gasteiger partial charge is 0.471 e. The highest BCUT2D eigenvalue weighted by Gasteiger charge is 2.48. The van der Waals surface area contributed by atoms with Gasteiger partial charge in [0, 0.05) is 53.3 Å². The zero-order valence-corrected chi connectivity index (χ0v) is 49.0. The molecular formula is C48H85Cl7N2O16. The number of allylic oxidation sites excluding steroid dienone is 2. The van der Waals surface area contributed by atoms with Crippen LogP contribution >= 0.6 is 81.2 Å². The van der Waals surface area contributed by atoms with Gasteiger partial charge in [-0.25, -0.2) is 9.59 Å². The minimum absolute atomic E-state index is 0.0223. The number of carbonyl (C=O) groups is 2. The first-order chi connectivity index (χ1) is 34.7. The number of carbonyl (C=O) groups excluding carboxylic acids is 2. The Morgan fingerprint density at radius 1 is 0.644 bits per heavy atom. The predicted octanol–water partition coefficient (Wildman–Crippen LogP) is 10.4. The predicted molar refractivity (Wildman–Crippen MR) is 286 cm³/mol. The van der Waals surface area contributed by atoms with Crippen molar-refractivity contribution in [3.05, 3.63) is 24.7 Å². The van der Waals surface area contributed by atoms with E-state index in [0.29, 0.717) is 13.0 Å². The van der Waals surface area contributed by atoms with Crippen LogP contribution in [0.25, 0.3) is 0 Å². The highest BCUT2D eigenvalue weighted by Crippen LogP contribution is 2.29. The molecule has 2 heterocycles. The first-order valence-electron chi connectivity index (χ1n) is 24.8. The third-order valence-electron chi connectivity index (χ3n) is 11.2. The SMILES string of the molecule is C/C=C\O[C@H]1O[C@H](COC)[C@@H](O)[C@H](OCC[C@@H](CCCCCCC)OC)[C@H]1N.C/C=C\O[C@H]1O[C@H](COC)[C@@H](O)[C@H](OCC[C@@H](CCCCCCC)OC)[C@H]1NC(=O)OCC(Cl)(Cl)Cl.O=C(Cl)OCC(Cl)(Cl)Cl. The average Bonchev–Trinajstić information content (AvgIpc) is 3.34. The molecule has 0 radical (unpaired) electrons. The molecule has 0 aromatic carbocycles. The lowest BCUT2D eigenvalue weighted by Crippen LogP contribution is -2.65. The summed E-state index contributed by atoms with van der Waals surface area (Å²) in [5, 5.41) is 24.2. The van der Waals surface area contributed by atoms with Crippen LogP contribution < -0.4 is 11.1 Å². The van der Waals surface area contributed by atoms with Crippen molar-refractivity contribution in [2.75, 3.05) is 68.1 Å². The lowest BCUT2D eigenvalue weighted by Gasteiger charge is -2.43. The third kappa shape index (κ3) is 34.8. The second-order valence-corrected chi connectivity index (χ2v) is 22.5. The van der Waals surface area contributed by atoms with Crippen molar-refractivity contribution >= 4 is 92.7 Å². The van der Waals surface area contributed by atoms with Crippen molar-refractivity contribution < 1.29 is 76.6 Å². The van der Waals surface area contributed by atoms with Crippen LogP contribution in [0.3, 0.4) is 0 Å². The van der Waals surface area contributed by atoms with Gasteiger partial charge in [0.1, 0.15) is 55.9 Å². The number of hydrogen-bond acceptors (Lipinski definition) is 17. The van der Waals surface area contributed by atoms with E-state index in [4.69, 9.17) is 139 Å². The molecule has 18 nitrogen and oxygen atoms in total. The highest BCUT2D eigenvalue weighted by molar-refractivity contribution is 6.68. The molecule has 2 aliphatic heterocycles. The number of amides is 1. The normalized spacial score (nSPS) is 25.2. The molecule has 2 fully saturated rings. The maximum Gasteiger partial charge on any atom is 0.407 e. The van der Waals surface area contributed by atoms with Crippen LogP contribution in [0.5, 0.6) is 0 Å². The smallest absolute Gasteiger partial charge is 0.407 e. The van der Waals surface area contributed by atoms with E-state index in [0.717, 1.165) is 38.5 Å². The molecule has 25 heteroatoms. The van der Waals surface area contributed by atoms with E-state index >= 15 is 0 Å². The molecule has 0 unspecified atom stereocenters. The molecule has 73 heavy (non-hydrogen) atoms. The topological polar surface area (TPSA) is 223 Å². The first-order valence-corrected chi connectivity index (χ1v) is 27.4. The number of halogens is 7. The Bertz CT molecular complexity index is 1440.